The number of anilines is 1. The van der Waals surface area contributed by atoms with Gasteiger partial charge in [-0.2, -0.15) is 10.2 Å². The molecular weight excluding hydrogens is 456 g/mol. The number of nitro groups is 1. The van der Waals surface area contributed by atoms with Crippen molar-refractivity contribution in [2.75, 3.05) is 19.5 Å². The van der Waals surface area contributed by atoms with Gasteiger partial charge in [0.15, 0.2) is 5.69 Å². The molecule has 0 spiro atoms. The van der Waals surface area contributed by atoms with Gasteiger partial charge in [-0.1, -0.05) is 0 Å². The minimum absolute atomic E-state index is 0.0208. The number of carbonyl (C=O) groups is 3. The van der Waals surface area contributed by atoms with Crippen LogP contribution >= 0.6 is 11.3 Å². The summed E-state index contributed by atoms with van der Waals surface area (Å²) in [4.78, 5) is 47.8. The zero-order valence-electron chi connectivity index (χ0n) is 18.4. The Bertz CT molecular complexity index is 1270. The fourth-order valence-corrected chi connectivity index (χ4v) is 4.30. The highest BCUT2D eigenvalue weighted by Crippen LogP contribution is 2.34. The number of rotatable bonds is 7. The normalized spacial score (nSPS) is 10.7. The predicted octanol–water partition coefficient (Wildman–Crippen LogP) is 2.31. The summed E-state index contributed by atoms with van der Waals surface area (Å²) in [6.45, 7) is 4.70. The number of aromatic nitrogens is 4. The highest BCUT2D eigenvalue weighted by atomic mass is 32.1. The van der Waals surface area contributed by atoms with Gasteiger partial charge in [-0.25, -0.2) is 14.3 Å². The quantitative estimate of drug-likeness (QED) is 0.306. The summed E-state index contributed by atoms with van der Waals surface area (Å²) in [6.07, 6.45) is 1.51. The van der Waals surface area contributed by atoms with E-state index in [4.69, 9.17) is 9.47 Å². The molecule has 14 heteroatoms. The molecule has 1 amide bonds. The summed E-state index contributed by atoms with van der Waals surface area (Å²) < 4.78 is 12.3. The number of nitrogens with one attached hydrogen (secondary N) is 1. The number of hydrogen-bond donors (Lipinski definition) is 1. The van der Waals surface area contributed by atoms with Crippen LogP contribution in [0.2, 0.25) is 0 Å². The van der Waals surface area contributed by atoms with Crippen molar-refractivity contribution in [2.45, 2.75) is 27.4 Å². The van der Waals surface area contributed by atoms with Crippen molar-refractivity contribution in [1.29, 1.82) is 0 Å². The van der Waals surface area contributed by atoms with Gasteiger partial charge in [0.1, 0.15) is 27.9 Å². The molecule has 0 saturated heterocycles. The first kappa shape index (κ1) is 23.6. The molecule has 1 N–H and O–H groups in total. The summed E-state index contributed by atoms with van der Waals surface area (Å²) in [7, 11) is 2.40. The molecule has 0 aliphatic rings. The molecule has 0 saturated carbocycles. The Morgan fingerprint density at radius 3 is 2.39 bits per heavy atom. The number of hydrogen-bond acceptors (Lipinski definition) is 10. The van der Waals surface area contributed by atoms with E-state index in [9.17, 15) is 24.5 Å². The van der Waals surface area contributed by atoms with Crippen molar-refractivity contribution >= 4 is 39.9 Å². The molecule has 0 aromatic carbocycles. The van der Waals surface area contributed by atoms with Crippen LogP contribution in [0, 0.1) is 30.9 Å². The molecule has 3 rings (SSSR count). The highest BCUT2D eigenvalue weighted by molar-refractivity contribution is 7.18. The maximum Gasteiger partial charge on any atom is 0.348 e. The van der Waals surface area contributed by atoms with E-state index in [0.717, 1.165) is 11.3 Å². The molecule has 0 fully saturated rings. The van der Waals surface area contributed by atoms with Crippen molar-refractivity contribution in [3.05, 3.63) is 55.5 Å². The summed E-state index contributed by atoms with van der Waals surface area (Å²) >= 11 is 0.884. The Morgan fingerprint density at radius 2 is 1.82 bits per heavy atom. The number of carbonyl (C=O) groups excluding carboxylic acids is 3. The molecule has 0 aliphatic heterocycles. The fourth-order valence-electron chi connectivity index (χ4n) is 3.19. The number of amides is 1. The molecule has 174 valence electrons. The van der Waals surface area contributed by atoms with Gasteiger partial charge in [0, 0.05) is 6.20 Å². The number of esters is 2. The van der Waals surface area contributed by atoms with Gasteiger partial charge in [-0.15, -0.1) is 11.3 Å². The largest absolute Gasteiger partial charge is 0.465 e. The number of ether oxygens (including phenoxy) is 2. The highest BCUT2D eigenvalue weighted by Gasteiger charge is 2.27. The van der Waals surface area contributed by atoms with Crippen LogP contribution in [-0.4, -0.2) is 56.5 Å². The Labute approximate surface area is 191 Å². The second-order valence-electron chi connectivity index (χ2n) is 6.86. The van der Waals surface area contributed by atoms with Gasteiger partial charge >= 0.3 is 17.6 Å². The second-order valence-corrected chi connectivity index (χ2v) is 7.88. The van der Waals surface area contributed by atoms with Crippen LogP contribution in [0.15, 0.2) is 12.3 Å². The van der Waals surface area contributed by atoms with Crippen LogP contribution < -0.4 is 5.32 Å². The zero-order valence-corrected chi connectivity index (χ0v) is 19.2. The van der Waals surface area contributed by atoms with Crippen molar-refractivity contribution in [1.82, 2.24) is 19.6 Å². The minimum atomic E-state index is -0.717. The lowest BCUT2D eigenvalue weighted by Crippen LogP contribution is -2.16. The maximum absolute atomic E-state index is 12.8. The number of thiophene rings is 1. The van der Waals surface area contributed by atoms with Crippen molar-refractivity contribution in [3.63, 3.8) is 0 Å². The van der Waals surface area contributed by atoms with Crippen LogP contribution in [-0.2, 0) is 16.1 Å². The molecule has 3 aromatic heterocycles. The molecular formula is C19H20N6O7S. The topological polar surface area (TPSA) is 160 Å². The lowest BCUT2D eigenvalue weighted by Gasteiger charge is -2.05. The van der Waals surface area contributed by atoms with Crippen molar-refractivity contribution in [3.8, 4) is 0 Å². The summed E-state index contributed by atoms with van der Waals surface area (Å²) in [6, 6.07) is 1.44. The van der Waals surface area contributed by atoms with Crippen LogP contribution in [0.4, 0.5) is 10.7 Å². The molecule has 13 nitrogen and oxygen atoms in total. The summed E-state index contributed by atoms with van der Waals surface area (Å²) in [5, 5.41) is 22.2. The molecule has 0 atom stereocenters. The first-order valence-corrected chi connectivity index (χ1v) is 10.2. The van der Waals surface area contributed by atoms with E-state index in [1.165, 1.54) is 42.8 Å². The van der Waals surface area contributed by atoms with Crippen LogP contribution in [0.5, 0.6) is 0 Å². The van der Waals surface area contributed by atoms with E-state index in [-0.39, 0.29) is 39.2 Å². The Hall–Kier alpha value is -4.07. The lowest BCUT2D eigenvalue weighted by atomic mass is 10.1. The monoisotopic (exact) mass is 476 g/mol. The van der Waals surface area contributed by atoms with E-state index in [0.29, 0.717) is 11.3 Å². The number of nitrogens with zero attached hydrogens (tertiary/aromatic N) is 5. The van der Waals surface area contributed by atoms with Crippen molar-refractivity contribution in [2.24, 2.45) is 0 Å². The van der Waals surface area contributed by atoms with Gasteiger partial charge in [-0.05, 0) is 32.4 Å². The third-order valence-corrected chi connectivity index (χ3v) is 6.00. The number of aryl methyl sites for hydroxylation is 1. The smallest absolute Gasteiger partial charge is 0.348 e. The fraction of sp³-hybridized carbons (Fsp3) is 0.316. The molecule has 33 heavy (non-hydrogen) atoms. The maximum atomic E-state index is 12.8. The van der Waals surface area contributed by atoms with Gasteiger partial charge in [0.2, 0.25) is 0 Å². The van der Waals surface area contributed by atoms with Crippen LogP contribution in [0.25, 0.3) is 0 Å². The van der Waals surface area contributed by atoms with E-state index in [1.807, 2.05) is 0 Å². The van der Waals surface area contributed by atoms with Crippen LogP contribution in [0.1, 0.15) is 47.5 Å². The van der Waals surface area contributed by atoms with Gasteiger partial charge in [0.05, 0.1) is 24.7 Å². The van der Waals surface area contributed by atoms with E-state index >= 15 is 0 Å². The molecule has 3 aromatic rings. The first-order valence-electron chi connectivity index (χ1n) is 9.42. The lowest BCUT2D eigenvalue weighted by molar-refractivity contribution is -0.386. The van der Waals surface area contributed by atoms with E-state index in [1.54, 1.807) is 13.8 Å². The van der Waals surface area contributed by atoms with E-state index < -0.39 is 22.8 Å². The molecule has 0 bridgehead atoms. The van der Waals surface area contributed by atoms with Crippen molar-refractivity contribution < 1.29 is 28.8 Å². The molecule has 0 aliphatic carbocycles. The Morgan fingerprint density at radius 1 is 1.15 bits per heavy atom. The summed E-state index contributed by atoms with van der Waals surface area (Å²) in [5.74, 6) is -1.99. The average molecular weight is 476 g/mol. The van der Waals surface area contributed by atoms with Crippen LogP contribution in [0.3, 0.4) is 0 Å². The van der Waals surface area contributed by atoms with Gasteiger partial charge in [-0.3, -0.25) is 19.6 Å². The standard InChI is InChI=1S/C19H20N6O7S/c1-9-13(18(27)31-4)17(33-15(9)19(28)32-5)20-16(26)12-6-7-23(22-12)8-24-11(3)14(25(29)30)10(2)21-24/h6-7H,8H2,1-5H3,(H,20,26). The zero-order chi connectivity index (χ0) is 24.4. The Kier molecular flexibility index (Phi) is 6.57. The molecule has 3 heterocycles. The Balaban J connectivity index is 1.85. The summed E-state index contributed by atoms with van der Waals surface area (Å²) in [5.41, 5.74) is 0.937. The third kappa shape index (κ3) is 4.45. The molecule has 0 radical (unpaired) electrons. The third-order valence-electron chi connectivity index (χ3n) is 4.81. The molecule has 0 unspecified atom stereocenters. The van der Waals surface area contributed by atoms with E-state index in [2.05, 4.69) is 15.5 Å². The SMILES string of the molecule is COC(=O)c1sc(NC(=O)c2ccn(Cn3nc(C)c([N+](=O)[O-])c3C)n2)c(C(=O)OC)c1C. The second kappa shape index (κ2) is 9.20. The first-order chi connectivity index (χ1) is 15.6. The average Bonchev–Trinajstić information content (AvgIpc) is 3.43. The predicted molar refractivity (Wildman–Crippen MR) is 116 cm³/mol. The minimum Gasteiger partial charge on any atom is -0.465 e. The van der Waals surface area contributed by atoms with Gasteiger partial charge in [0.25, 0.3) is 5.91 Å². The number of methoxy groups -OCH3 is 2. The van der Waals surface area contributed by atoms with Gasteiger partial charge < -0.3 is 14.8 Å².